The highest BCUT2D eigenvalue weighted by atomic mass is 79.9. The molecule has 2 rings (SSSR count). The van der Waals surface area contributed by atoms with Crippen LogP contribution in [-0.4, -0.2) is 6.09 Å². The number of alkyl carbamates (subject to hydrolysis) is 1. The molecule has 0 bridgehead atoms. The maximum absolute atomic E-state index is 11.6. The van der Waals surface area contributed by atoms with Gasteiger partial charge >= 0.3 is 6.09 Å². The van der Waals surface area contributed by atoms with Crippen molar-refractivity contribution < 1.29 is 9.53 Å². The lowest BCUT2D eigenvalue weighted by Gasteiger charge is -2.12. The average molecular weight is 307 g/mol. The number of ether oxygens (including phenoxy) is 1. The monoisotopic (exact) mass is 306 g/mol. The lowest BCUT2D eigenvalue weighted by molar-refractivity contribution is 0.143. The second-order valence-electron chi connectivity index (χ2n) is 3.79. The van der Waals surface area contributed by atoms with Crippen molar-refractivity contribution in [2.24, 2.45) is 0 Å². The van der Waals surface area contributed by atoms with Crippen LogP contribution in [0.5, 0.6) is 0 Å². The van der Waals surface area contributed by atoms with Gasteiger partial charge in [-0.15, -0.1) is 0 Å². The number of allylic oxidation sites excluding steroid dienone is 3. The molecule has 3 nitrogen and oxygen atoms in total. The second kappa shape index (κ2) is 6.40. The van der Waals surface area contributed by atoms with Crippen LogP contribution in [0.4, 0.5) is 4.79 Å². The van der Waals surface area contributed by atoms with Crippen molar-refractivity contribution in [1.82, 2.24) is 5.32 Å². The van der Waals surface area contributed by atoms with Gasteiger partial charge in [-0.25, -0.2) is 4.79 Å². The Kier molecular flexibility index (Phi) is 4.59. The van der Waals surface area contributed by atoms with Crippen molar-refractivity contribution in [2.45, 2.75) is 13.0 Å². The summed E-state index contributed by atoms with van der Waals surface area (Å²) in [7, 11) is 0. The minimum Gasteiger partial charge on any atom is -0.444 e. The van der Waals surface area contributed by atoms with E-state index in [2.05, 4.69) is 21.2 Å². The number of rotatable bonds is 3. The Labute approximate surface area is 115 Å². The predicted molar refractivity (Wildman–Crippen MR) is 73.8 cm³/mol. The van der Waals surface area contributed by atoms with Crippen LogP contribution in [0.25, 0.3) is 0 Å². The number of amides is 1. The van der Waals surface area contributed by atoms with E-state index in [0.29, 0.717) is 0 Å². The van der Waals surface area contributed by atoms with Crippen molar-refractivity contribution in [3.05, 3.63) is 64.6 Å². The van der Waals surface area contributed by atoms with E-state index in [0.717, 1.165) is 22.2 Å². The SMILES string of the molecule is O=C(NC1=C(Br)[CH]CC=C1)OCc1ccccc1. The summed E-state index contributed by atoms with van der Waals surface area (Å²) in [5.41, 5.74) is 1.69. The Morgan fingerprint density at radius 2 is 2.11 bits per heavy atom. The largest absolute Gasteiger partial charge is 0.444 e. The molecule has 1 amide bonds. The predicted octanol–water partition coefficient (Wildman–Crippen LogP) is 3.68. The standard InChI is InChI=1S/C14H13BrNO2/c15-12-8-4-5-9-13(12)16-14(17)18-10-11-6-2-1-3-7-11/h1-3,5-9H,4,10H2,(H,16,17). The summed E-state index contributed by atoms with van der Waals surface area (Å²) in [4.78, 5) is 11.6. The number of hydrogen-bond acceptors (Lipinski definition) is 2. The van der Waals surface area contributed by atoms with E-state index in [1.165, 1.54) is 0 Å². The molecule has 0 spiro atoms. The van der Waals surface area contributed by atoms with Crippen LogP contribution in [0.3, 0.4) is 0 Å². The third kappa shape index (κ3) is 3.74. The summed E-state index contributed by atoms with van der Waals surface area (Å²) < 4.78 is 6.00. The Hall–Kier alpha value is -1.55. The molecule has 0 saturated heterocycles. The summed E-state index contributed by atoms with van der Waals surface area (Å²) >= 11 is 3.38. The zero-order chi connectivity index (χ0) is 12.8. The topological polar surface area (TPSA) is 38.3 Å². The van der Waals surface area contributed by atoms with Gasteiger partial charge in [-0.1, -0.05) is 52.3 Å². The fourth-order valence-electron chi connectivity index (χ4n) is 1.52. The molecule has 1 aromatic rings. The van der Waals surface area contributed by atoms with Crippen molar-refractivity contribution in [3.8, 4) is 0 Å². The van der Waals surface area contributed by atoms with Gasteiger partial charge in [0.2, 0.25) is 0 Å². The molecule has 0 aromatic heterocycles. The molecule has 4 heteroatoms. The molecular formula is C14H13BrNO2. The lowest BCUT2D eigenvalue weighted by atomic mass is 10.1. The molecule has 0 fully saturated rings. The van der Waals surface area contributed by atoms with Gasteiger partial charge in [-0.05, 0) is 18.1 Å². The van der Waals surface area contributed by atoms with Crippen LogP contribution >= 0.6 is 15.9 Å². The molecular weight excluding hydrogens is 294 g/mol. The highest BCUT2D eigenvalue weighted by Crippen LogP contribution is 2.21. The summed E-state index contributed by atoms with van der Waals surface area (Å²) in [5.74, 6) is 0. The van der Waals surface area contributed by atoms with Crippen molar-refractivity contribution >= 4 is 22.0 Å². The molecule has 1 aromatic carbocycles. The van der Waals surface area contributed by atoms with Crippen LogP contribution in [-0.2, 0) is 11.3 Å². The number of halogens is 1. The highest BCUT2D eigenvalue weighted by Gasteiger charge is 2.10. The van der Waals surface area contributed by atoms with E-state index in [1.807, 2.05) is 48.9 Å². The molecule has 1 N–H and O–H groups in total. The van der Waals surface area contributed by atoms with Crippen LogP contribution < -0.4 is 5.32 Å². The molecule has 0 saturated carbocycles. The molecule has 1 aliphatic carbocycles. The van der Waals surface area contributed by atoms with Crippen molar-refractivity contribution in [1.29, 1.82) is 0 Å². The Morgan fingerprint density at radius 1 is 1.33 bits per heavy atom. The third-order valence-corrected chi connectivity index (χ3v) is 3.18. The number of nitrogens with one attached hydrogen (secondary N) is 1. The average Bonchev–Trinajstić information content (AvgIpc) is 2.40. The summed E-state index contributed by atoms with van der Waals surface area (Å²) in [5, 5.41) is 2.69. The quantitative estimate of drug-likeness (QED) is 0.925. The molecule has 1 radical (unpaired) electrons. The first kappa shape index (κ1) is 12.9. The molecule has 0 heterocycles. The number of carbonyl (C=O) groups excluding carboxylic acids is 1. The molecule has 93 valence electrons. The normalized spacial score (nSPS) is 14.5. The van der Waals surface area contributed by atoms with Crippen molar-refractivity contribution in [2.75, 3.05) is 0 Å². The van der Waals surface area contributed by atoms with Crippen LogP contribution in [0, 0.1) is 6.42 Å². The summed E-state index contributed by atoms with van der Waals surface area (Å²) in [6.45, 7) is 0.269. The van der Waals surface area contributed by atoms with Crippen LogP contribution in [0.15, 0.2) is 52.7 Å². The van der Waals surface area contributed by atoms with Crippen LogP contribution in [0.2, 0.25) is 0 Å². The highest BCUT2D eigenvalue weighted by molar-refractivity contribution is 9.11. The van der Waals surface area contributed by atoms with Crippen LogP contribution in [0.1, 0.15) is 12.0 Å². The Bertz CT molecular complexity index is 480. The number of carbonyl (C=O) groups is 1. The molecule has 0 unspecified atom stereocenters. The van der Waals surface area contributed by atoms with Gasteiger partial charge in [0.05, 0.1) is 5.70 Å². The van der Waals surface area contributed by atoms with Gasteiger partial charge in [0.25, 0.3) is 0 Å². The first-order valence-corrected chi connectivity index (χ1v) is 6.42. The first-order valence-electron chi connectivity index (χ1n) is 5.63. The van der Waals surface area contributed by atoms with Crippen molar-refractivity contribution in [3.63, 3.8) is 0 Å². The Morgan fingerprint density at radius 3 is 2.83 bits per heavy atom. The van der Waals surface area contributed by atoms with E-state index in [1.54, 1.807) is 0 Å². The van der Waals surface area contributed by atoms with Gasteiger partial charge < -0.3 is 4.74 Å². The second-order valence-corrected chi connectivity index (χ2v) is 4.64. The zero-order valence-electron chi connectivity index (χ0n) is 9.73. The van der Waals surface area contributed by atoms with E-state index < -0.39 is 6.09 Å². The minimum absolute atomic E-state index is 0.269. The van der Waals surface area contributed by atoms with Gasteiger partial charge in [0.1, 0.15) is 6.61 Å². The molecule has 1 aliphatic rings. The van der Waals surface area contributed by atoms with E-state index >= 15 is 0 Å². The van der Waals surface area contributed by atoms with Gasteiger partial charge in [0.15, 0.2) is 0 Å². The first-order chi connectivity index (χ1) is 8.75. The summed E-state index contributed by atoms with van der Waals surface area (Å²) in [6.07, 6.45) is 6.22. The van der Waals surface area contributed by atoms with Gasteiger partial charge in [-0.3, -0.25) is 5.32 Å². The molecule has 18 heavy (non-hydrogen) atoms. The fraction of sp³-hybridized carbons (Fsp3) is 0.143. The number of benzene rings is 1. The maximum Gasteiger partial charge on any atom is 0.411 e. The van der Waals surface area contributed by atoms with E-state index in [9.17, 15) is 4.79 Å². The zero-order valence-corrected chi connectivity index (χ0v) is 11.3. The Balaban J connectivity index is 1.84. The van der Waals surface area contributed by atoms with E-state index in [-0.39, 0.29) is 6.61 Å². The minimum atomic E-state index is -0.453. The van der Waals surface area contributed by atoms with E-state index in [4.69, 9.17) is 4.74 Å². The fourth-order valence-corrected chi connectivity index (χ4v) is 1.94. The molecule has 0 atom stereocenters. The van der Waals surface area contributed by atoms with Gasteiger partial charge in [-0.2, -0.15) is 0 Å². The maximum atomic E-state index is 11.6. The third-order valence-electron chi connectivity index (χ3n) is 2.42. The lowest BCUT2D eigenvalue weighted by Crippen LogP contribution is -2.24. The molecule has 0 aliphatic heterocycles. The summed E-state index contributed by atoms with van der Waals surface area (Å²) in [6, 6.07) is 9.57. The smallest absolute Gasteiger partial charge is 0.411 e. The van der Waals surface area contributed by atoms with Gasteiger partial charge in [0, 0.05) is 10.9 Å². The number of hydrogen-bond donors (Lipinski definition) is 1.